The SMILES string of the molecule is CC.CC.CC.C[C@H]1C(NC(=NCc2ccccc2)NC#N)c2ccccc2OC1(C)C. The van der Waals surface area contributed by atoms with Crippen LogP contribution in [0.15, 0.2) is 59.6 Å². The highest BCUT2D eigenvalue weighted by Crippen LogP contribution is 2.43. The molecule has 2 aromatic rings. The van der Waals surface area contributed by atoms with Crippen molar-refractivity contribution in [3.63, 3.8) is 0 Å². The van der Waals surface area contributed by atoms with Gasteiger partial charge in [-0.25, -0.2) is 4.99 Å². The minimum Gasteiger partial charge on any atom is -0.487 e. The third-order valence-electron chi connectivity index (χ3n) is 4.95. The van der Waals surface area contributed by atoms with Gasteiger partial charge in [-0.3, -0.25) is 5.32 Å². The molecule has 0 radical (unpaired) electrons. The van der Waals surface area contributed by atoms with Crippen molar-refractivity contribution < 1.29 is 4.74 Å². The first-order valence-corrected chi connectivity index (χ1v) is 11.8. The Morgan fingerprint density at radius 3 is 2.12 bits per heavy atom. The number of guanidine groups is 1. The Morgan fingerprint density at radius 2 is 1.53 bits per heavy atom. The molecule has 0 spiro atoms. The number of fused-ring (bicyclic) bond motifs is 1. The van der Waals surface area contributed by atoms with Crippen LogP contribution in [0.5, 0.6) is 5.75 Å². The van der Waals surface area contributed by atoms with Gasteiger partial charge in [-0.1, -0.05) is 97.0 Å². The number of hydrogen-bond donors (Lipinski definition) is 2. The van der Waals surface area contributed by atoms with Crippen LogP contribution in [0.3, 0.4) is 0 Å². The second kappa shape index (κ2) is 15.8. The van der Waals surface area contributed by atoms with E-state index in [1.807, 2.05) is 96.3 Å². The average molecular weight is 439 g/mol. The summed E-state index contributed by atoms with van der Waals surface area (Å²) in [5, 5.41) is 15.2. The van der Waals surface area contributed by atoms with Crippen LogP contribution < -0.4 is 15.4 Å². The van der Waals surface area contributed by atoms with E-state index < -0.39 is 0 Å². The van der Waals surface area contributed by atoms with Gasteiger partial charge in [-0.2, -0.15) is 5.26 Å². The van der Waals surface area contributed by atoms with E-state index in [1.165, 1.54) is 0 Å². The molecule has 5 nitrogen and oxygen atoms in total. The molecule has 2 atom stereocenters. The summed E-state index contributed by atoms with van der Waals surface area (Å²) in [6, 6.07) is 18.0. The number of rotatable bonds is 3. The summed E-state index contributed by atoms with van der Waals surface area (Å²) in [6.45, 7) is 18.8. The van der Waals surface area contributed by atoms with Gasteiger partial charge in [0, 0.05) is 11.5 Å². The first-order chi connectivity index (χ1) is 15.5. The van der Waals surface area contributed by atoms with Gasteiger partial charge in [-0.15, -0.1) is 0 Å². The highest BCUT2D eigenvalue weighted by molar-refractivity contribution is 5.81. The summed E-state index contributed by atoms with van der Waals surface area (Å²) in [4.78, 5) is 4.56. The van der Waals surface area contributed by atoms with E-state index in [0.29, 0.717) is 12.5 Å². The fourth-order valence-corrected chi connectivity index (χ4v) is 3.16. The molecule has 0 bridgehead atoms. The quantitative estimate of drug-likeness (QED) is 0.238. The molecule has 1 aliphatic heterocycles. The Balaban J connectivity index is 0.00000148. The van der Waals surface area contributed by atoms with Crippen LogP contribution in [-0.4, -0.2) is 11.6 Å². The Hall–Kier alpha value is -3.00. The molecule has 2 aromatic carbocycles. The molecule has 0 aromatic heterocycles. The monoisotopic (exact) mass is 438 g/mol. The van der Waals surface area contributed by atoms with Crippen molar-refractivity contribution in [2.24, 2.45) is 10.9 Å². The molecule has 3 rings (SSSR count). The lowest BCUT2D eigenvalue weighted by molar-refractivity contribution is 0.0158. The number of ether oxygens (including phenoxy) is 1. The van der Waals surface area contributed by atoms with Crippen LogP contribution in [-0.2, 0) is 6.54 Å². The summed E-state index contributed by atoms with van der Waals surface area (Å²) >= 11 is 0. The first-order valence-electron chi connectivity index (χ1n) is 11.8. The molecule has 0 fully saturated rings. The fraction of sp³-hybridized carbons (Fsp3) is 0.481. The van der Waals surface area contributed by atoms with Gasteiger partial charge in [0.05, 0.1) is 12.6 Å². The second-order valence-electron chi connectivity index (χ2n) is 7.04. The molecule has 1 unspecified atom stereocenters. The smallest absolute Gasteiger partial charge is 0.205 e. The molecule has 0 aliphatic carbocycles. The molecule has 32 heavy (non-hydrogen) atoms. The molecular formula is C27H42N4O. The number of nitrogens with zero attached hydrogens (tertiary/aromatic N) is 2. The van der Waals surface area contributed by atoms with Gasteiger partial charge in [-0.05, 0) is 25.5 Å². The van der Waals surface area contributed by atoms with Crippen molar-refractivity contribution in [1.29, 1.82) is 5.26 Å². The summed E-state index contributed by atoms with van der Waals surface area (Å²) in [5.74, 6) is 1.52. The van der Waals surface area contributed by atoms with E-state index >= 15 is 0 Å². The standard InChI is InChI=1S/C21H24N4O.3C2H6/c1-15-19(17-11-7-8-12-18(17)26-21(15,2)3)25-20(24-14-22)23-13-16-9-5-4-6-10-16;3*1-2/h4-12,15,19H,13H2,1-3H3,(H2,23,24,25);3*1-2H3/t15-,19?;;;/m0.../s1. The maximum atomic E-state index is 9.12. The number of hydrogen-bond acceptors (Lipinski definition) is 3. The van der Waals surface area contributed by atoms with Gasteiger partial charge < -0.3 is 10.1 Å². The van der Waals surface area contributed by atoms with Crippen LogP contribution >= 0.6 is 0 Å². The van der Waals surface area contributed by atoms with E-state index in [1.54, 1.807) is 0 Å². The molecule has 0 amide bonds. The van der Waals surface area contributed by atoms with Crippen LogP contribution in [0.4, 0.5) is 0 Å². The normalized spacial score (nSPS) is 17.7. The minimum atomic E-state index is -0.330. The maximum Gasteiger partial charge on any atom is 0.205 e. The third-order valence-corrected chi connectivity index (χ3v) is 4.95. The highest BCUT2D eigenvalue weighted by atomic mass is 16.5. The largest absolute Gasteiger partial charge is 0.487 e. The molecule has 0 saturated heterocycles. The Kier molecular flexibility index (Phi) is 14.3. The molecule has 5 heteroatoms. The van der Waals surface area contributed by atoms with E-state index in [2.05, 4.69) is 42.5 Å². The lowest BCUT2D eigenvalue weighted by Gasteiger charge is -2.43. The molecule has 2 N–H and O–H groups in total. The molecule has 1 heterocycles. The van der Waals surface area contributed by atoms with Crippen LogP contribution in [0.25, 0.3) is 0 Å². The van der Waals surface area contributed by atoms with Crippen LogP contribution in [0, 0.1) is 17.4 Å². The summed E-state index contributed by atoms with van der Waals surface area (Å²) in [5.41, 5.74) is 1.84. The van der Waals surface area contributed by atoms with E-state index in [0.717, 1.165) is 16.9 Å². The van der Waals surface area contributed by atoms with Crippen molar-refractivity contribution in [1.82, 2.24) is 10.6 Å². The molecule has 1 aliphatic rings. The lowest BCUT2D eigenvalue weighted by Crippen LogP contribution is -2.50. The Labute approximate surface area is 195 Å². The van der Waals surface area contributed by atoms with Crippen molar-refractivity contribution in [3.8, 4) is 11.9 Å². The Morgan fingerprint density at radius 1 is 0.969 bits per heavy atom. The predicted octanol–water partition coefficient (Wildman–Crippen LogP) is 6.83. The van der Waals surface area contributed by atoms with E-state index in [9.17, 15) is 0 Å². The summed E-state index contributed by atoms with van der Waals surface area (Å²) in [7, 11) is 0. The molecule has 0 saturated carbocycles. The number of benzene rings is 2. The fourth-order valence-electron chi connectivity index (χ4n) is 3.16. The highest BCUT2D eigenvalue weighted by Gasteiger charge is 2.41. The second-order valence-corrected chi connectivity index (χ2v) is 7.04. The van der Waals surface area contributed by atoms with E-state index in [4.69, 9.17) is 10.00 Å². The number of aliphatic imine (C=N–C) groups is 1. The van der Waals surface area contributed by atoms with Gasteiger partial charge in [0.1, 0.15) is 11.4 Å². The summed E-state index contributed by atoms with van der Waals surface area (Å²) < 4.78 is 6.17. The van der Waals surface area contributed by atoms with Crippen molar-refractivity contribution in [2.75, 3.05) is 0 Å². The van der Waals surface area contributed by atoms with Crippen molar-refractivity contribution in [2.45, 2.75) is 80.5 Å². The van der Waals surface area contributed by atoms with Gasteiger partial charge >= 0.3 is 0 Å². The van der Waals surface area contributed by atoms with Crippen molar-refractivity contribution in [3.05, 3.63) is 65.7 Å². The van der Waals surface area contributed by atoms with Crippen LogP contribution in [0.1, 0.15) is 79.5 Å². The number of para-hydroxylation sites is 1. The number of nitriles is 1. The third kappa shape index (κ3) is 8.26. The summed E-state index contributed by atoms with van der Waals surface area (Å²) in [6.07, 6.45) is 1.98. The van der Waals surface area contributed by atoms with Crippen molar-refractivity contribution >= 4 is 5.96 Å². The predicted molar refractivity (Wildman–Crippen MR) is 137 cm³/mol. The van der Waals surface area contributed by atoms with Gasteiger partial charge in [0.15, 0.2) is 6.19 Å². The number of nitrogens with one attached hydrogen (secondary N) is 2. The van der Waals surface area contributed by atoms with Gasteiger partial charge in [0.25, 0.3) is 0 Å². The average Bonchev–Trinajstić information content (AvgIpc) is 2.84. The topological polar surface area (TPSA) is 69.4 Å². The van der Waals surface area contributed by atoms with Gasteiger partial charge in [0.2, 0.25) is 5.96 Å². The molecule has 176 valence electrons. The Bertz CT molecular complexity index is 825. The molecular weight excluding hydrogens is 396 g/mol. The van der Waals surface area contributed by atoms with E-state index in [-0.39, 0.29) is 17.6 Å². The van der Waals surface area contributed by atoms with Crippen LogP contribution in [0.2, 0.25) is 0 Å². The zero-order valence-corrected chi connectivity index (χ0v) is 21.4. The first kappa shape index (κ1) is 29.0. The minimum absolute atomic E-state index is 0.00896. The maximum absolute atomic E-state index is 9.12. The zero-order chi connectivity index (χ0) is 24.6. The zero-order valence-electron chi connectivity index (χ0n) is 21.4. The lowest BCUT2D eigenvalue weighted by atomic mass is 9.80.